The minimum atomic E-state index is -2.58. The van der Waals surface area contributed by atoms with Crippen LogP contribution in [0.1, 0.15) is 53.4 Å². The van der Waals surface area contributed by atoms with E-state index < -0.39 is 11.8 Å². The van der Waals surface area contributed by atoms with Crippen molar-refractivity contribution >= 4 is 0 Å². The second-order valence-corrected chi connectivity index (χ2v) is 7.53. The molecule has 21 heavy (non-hydrogen) atoms. The maximum absolute atomic E-state index is 14.3. The fraction of sp³-hybridized carbons (Fsp3) is 0.889. The lowest BCUT2D eigenvalue weighted by Gasteiger charge is -2.49. The van der Waals surface area contributed by atoms with Crippen molar-refractivity contribution in [1.29, 1.82) is 0 Å². The van der Waals surface area contributed by atoms with Gasteiger partial charge in [0.1, 0.15) is 0 Å². The molecular formula is C18H29F2N. The van der Waals surface area contributed by atoms with Crippen LogP contribution in [-0.4, -0.2) is 30.0 Å². The summed E-state index contributed by atoms with van der Waals surface area (Å²) in [6, 6.07) is 0.394. The molecule has 0 aromatic heterocycles. The first kappa shape index (κ1) is 16.7. The number of hydrogen-bond acceptors (Lipinski definition) is 1. The minimum absolute atomic E-state index is 0.0590. The average Bonchev–Trinajstić information content (AvgIpc) is 2.28. The summed E-state index contributed by atoms with van der Waals surface area (Å²) >= 11 is 0. The van der Waals surface area contributed by atoms with Crippen LogP contribution in [0.2, 0.25) is 0 Å². The average molecular weight is 297 g/mol. The summed E-state index contributed by atoms with van der Waals surface area (Å²) in [5.41, 5.74) is 0. The second-order valence-electron chi connectivity index (χ2n) is 7.53. The molecule has 0 amide bonds. The van der Waals surface area contributed by atoms with E-state index in [1.807, 2.05) is 18.7 Å². The number of nitrogens with zero attached hydrogens (tertiary/aromatic N) is 1. The highest BCUT2D eigenvalue weighted by Gasteiger charge is 2.47. The molecule has 1 aliphatic heterocycles. The van der Waals surface area contributed by atoms with E-state index in [1.165, 1.54) is 0 Å². The zero-order valence-electron chi connectivity index (χ0n) is 13.8. The van der Waals surface area contributed by atoms with Gasteiger partial charge < -0.3 is 0 Å². The Kier molecular flexibility index (Phi) is 5.30. The molecule has 0 radical (unpaired) electrons. The van der Waals surface area contributed by atoms with Crippen molar-refractivity contribution in [3.63, 3.8) is 0 Å². The lowest BCUT2D eigenvalue weighted by atomic mass is 9.72. The van der Waals surface area contributed by atoms with Crippen LogP contribution in [0.25, 0.3) is 0 Å². The molecule has 2 aliphatic rings. The maximum Gasteiger partial charge on any atom is 0.264 e. The standard InChI is InChI=1S/C18H29F2N/c1-13(2)6-5-7-16-8-9-21(12-18(16,19)20)17-10-15(11-17)14(3)4/h13-17H,7-12H2,1-4H3. The van der Waals surface area contributed by atoms with E-state index in [-0.39, 0.29) is 12.5 Å². The summed E-state index contributed by atoms with van der Waals surface area (Å²) in [7, 11) is 0. The third kappa shape index (κ3) is 4.19. The number of hydrogen-bond donors (Lipinski definition) is 0. The fourth-order valence-corrected chi connectivity index (χ4v) is 3.43. The zero-order valence-corrected chi connectivity index (χ0v) is 13.8. The first-order valence-electron chi connectivity index (χ1n) is 8.40. The third-order valence-corrected chi connectivity index (χ3v) is 5.12. The highest BCUT2D eigenvalue weighted by Crippen LogP contribution is 2.42. The highest BCUT2D eigenvalue weighted by atomic mass is 19.3. The Morgan fingerprint density at radius 2 is 1.86 bits per heavy atom. The lowest BCUT2D eigenvalue weighted by Crippen LogP contribution is -2.55. The second kappa shape index (κ2) is 6.65. The van der Waals surface area contributed by atoms with Gasteiger partial charge in [0.25, 0.3) is 5.92 Å². The Balaban J connectivity index is 1.84. The van der Waals surface area contributed by atoms with Crippen molar-refractivity contribution < 1.29 is 8.78 Å². The van der Waals surface area contributed by atoms with Crippen LogP contribution >= 0.6 is 0 Å². The fourth-order valence-electron chi connectivity index (χ4n) is 3.43. The Bertz CT molecular complexity index is 399. The first-order valence-corrected chi connectivity index (χ1v) is 8.40. The summed E-state index contributed by atoms with van der Waals surface area (Å²) in [5.74, 6) is 4.52. The van der Waals surface area contributed by atoms with Gasteiger partial charge in [-0.3, -0.25) is 4.90 Å². The molecule has 1 saturated heterocycles. The molecule has 3 heteroatoms. The van der Waals surface area contributed by atoms with Crippen LogP contribution in [0, 0.1) is 35.5 Å². The Morgan fingerprint density at radius 3 is 2.38 bits per heavy atom. The van der Waals surface area contributed by atoms with Crippen molar-refractivity contribution in [2.24, 2.45) is 23.7 Å². The van der Waals surface area contributed by atoms with E-state index in [4.69, 9.17) is 0 Å². The van der Waals surface area contributed by atoms with E-state index in [9.17, 15) is 8.78 Å². The Hall–Kier alpha value is -0.620. The topological polar surface area (TPSA) is 3.24 Å². The van der Waals surface area contributed by atoms with Gasteiger partial charge in [-0.25, -0.2) is 8.78 Å². The van der Waals surface area contributed by atoms with Crippen LogP contribution in [-0.2, 0) is 0 Å². The van der Waals surface area contributed by atoms with Crippen LogP contribution in [0.4, 0.5) is 8.78 Å². The third-order valence-electron chi connectivity index (χ3n) is 5.12. The van der Waals surface area contributed by atoms with Gasteiger partial charge in [-0.15, -0.1) is 11.8 Å². The van der Waals surface area contributed by atoms with E-state index in [2.05, 4.69) is 25.7 Å². The van der Waals surface area contributed by atoms with Crippen molar-refractivity contribution in [3.05, 3.63) is 0 Å². The predicted molar refractivity (Wildman–Crippen MR) is 83.2 cm³/mol. The molecule has 1 heterocycles. The van der Waals surface area contributed by atoms with E-state index >= 15 is 0 Å². The molecule has 2 fully saturated rings. The summed E-state index contributed by atoms with van der Waals surface area (Å²) in [6.45, 7) is 9.21. The number of halogens is 2. The van der Waals surface area contributed by atoms with Crippen LogP contribution in [0.5, 0.6) is 0 Å². The van der Waals surface area contributed by atoms with E-state index in [0.29, 0.717) is 24.8 Å². The quantitative estimate of drug-likeness (QED) is 0.697. The van der Waals surface area contributed by atoms with Crippen molar-refractivity contribution in [2.45, 2.75) is 65.3 Å². The van der Waals surface area contributed by atoms with Gasteiger partial charge in [0.15, 0.2) is 0 Å². The van der Waals surface area contributed by atoms with Gasteiger partial charge in [0.2, 0.25) is 0 Å². The lowest BCUT2D eigenvalue weighted by molar-refractivity contribution is -0.130. The van der Waals surface area contributed by atoms with E-state index in [1.54, 1.807) is 0 Å². The van der Waals surface area contributed by atoms with Crippen molar-refractivity contribution in [1.82, 2.24) is 4.90 Å². The van der Waals surface area contributed by atoms with Crippen molar-refractivity contribution in [2.75, 3.05) is 13.1 Å². The molecule has 0 spiro atoms. The molecule has 1 saturated carbocycles. The summed E-state index contributed by atoms with van der Waals surface area (Å²) in [6.07, 6.45) is 3.14. The molecule has 0 aromatic rings. The van der Waals surface area contributed by atoms with Crippen LogP contribution in [0.3, 0.4) is 0 Å². The predicted octanol–water partition coefficient (Wildman–Crippen LogP) is 4.43. The molecule has 1 unspecified atom stereocenters. The highest BCUT2D eigenvalue weighted by molar-refractivity contribution is 5.05. The monoisotopic (exact) mass is 297 g/mol. The molecule has 0 aromatic carbocycles. The number of alkyl halides is 2. The Labute approximate surface area is 128 Å². The smallest absolute Gasteiger partial charge is 0.264 e. The summed E-state index contributed by atoms with van der Waals surface area (Å²) in [4.78, 5) is 2.03. The minimum Gasteiger partial charge on any atom is -0.294 e. The maximum atomic E-state index is 14.3. The van der Waals surface area contributed by atoms with Gasteiger partial charge in [-0.2, -0.15) is 0 Å². The molecule has 0 N–H and O–H groups in total. The molecule has 1 atom stereocenters. The number of rotatable bonds is 3. The zero-order chi connectivity index (χ0) is 15.6. The molecular weight excluding hydrogens is 268 g/mol. The molecule has 2 rings (SSSR count). The van der Waals surface area contributed by atoms with Gasteiger partial charge in [-0.05, 0) is 37.6 Å². The Morgan fingerprint density at radius 1 is 1.19 bits per heavy atom. The van der Waals surface area contributed by atoms with Crippen LogP contribution < -0.4 is 0 Å². The van der Waals surface area contributed by atoms with Crippen molar-refractivity contribution in [3.8, 4) is 11.8 Å². The summed E-state index contributed by atoms with van der Waals surface area (Å²) in [5, 5.41) is 0. The largest absolute Gasteiger partial charge is 0.294 e. The molecule has 120 valence electrons. The van der Waals surface area contributed by atoms with Gasteiger partial charge in [-0.1, -0.05) is 27.7 Å². The molecule has 1 nitrogen and oxygen atoms in total. The normalized spacial score (nSPS) is 32.7. The van der Waals surface area contributed by atoms with Crippen LogP contribution in [0.15, 0.2) is 0 Å². The van der Waals surface area contributed by atoms with Gasteiger partial charge >= 0.3 is 0 Å². The molecule has 0 bridgehead atoms. The summed E-state index contributed by atoms with van der Waals surface area (Å²) < 4.78 is 28.6. The molecule has 1 aliphatic carbocycles. The SMILES string of the molecule is CC(C)C#CCC1CCN(C2CC(C(C)C)C2)CC1(F)F. The number of piperidine rings is 1. The first-order chi connectivity index (χ1) is 9.79. The van der Waals surface area contributed by atoms with Gasteiger partial charge in [0, 0.05) is 24.3 Å². The van der Waals surface area contributed by atoms with Gasteiger partial charge in [0.05, 0.1) is 6.54 Å². The van der Waals surface area contributed by atoms with E-state index in [0.717, 1.165) is 25.3 Å². The number of likely N-dealkylation sites (tertiary alicyclic amines) is 1.